The van der Waals surface area contributed by atoms with Crippen molar-refractivity contribution in [3.63, 3.8) is 0 Å². The first-order valence-electron chi connectivity index (χ1n) is 23.7. The van der Waals surface area contributed by atoms with Crippen LogP contribution in [0.2, 0.25) is 0 Å². The van der Waals surface area contributed by atoms with Crippen LogP contribution in [-0.4, -0.2) is 17.2 Å². The van der Waals surface area contributed by atoms with Crippen LogP contribution in [-0.2, 0) is 0 Å². The zero-order valence-corrected chi connectivity index (χ0v) is 35.6. The van der Waals surface area contributed by atoms with E-state index >= 15 is 0 Å². The Labute approximate surface area is 376 Å². The summed E-state index contributed by atoms with van der Waals surface area (Å²) in [6.45, 7) is 0. The lowest BCUT2D eigenvalue weighted by molar-refractivity contribution is 0.666. The van der Waals surface area contributed by atoms with Crippen molar-refractivity contribution in [2.75, 3.05) is 0 Å². The van der Waals surface area contributed by atoms with E-state index in [0.29, 0.717) is 16.4 Å². The summed E-state index contributed by atoms with van der Waals surface area (Å²) in [5.41, 5.74) is 8.13. The largest absolute Gasteiger partial charge is 0.454 e. The van der Waals surface area contributed by atoms with Crippen molar-refractivity contribution < 1.29 is 9.90 Å². The summed E-state index contributed by atoms with van der Waals surface area (Å²) >= 11 is 0. The van der Waals surface area contributed by atoms with Crippen LogP contribution in [0.15, 0.2) is 247 Å². The molecule has 0 unspecified atom stereocenters. The van der Waals surface area contributed by atoms with E-state index in [-0.39, 0.29) is 29.9 Å². The van der Waals surface area contributed by atoms with Gasteiger partial charge < -0.3 is 13.6 Å². The minimum Gasteiger partial charge on any atom is -0.454 e. The fraction of sp³-hybridized carbons (Fsp3) is 0. The zero-order chi connectivity index (χ0) is 45.7. The molecule has 4 heteroatoms. The zero-order valence-electron chi connectivity index (χ0n) is 38.6. The number of fused-ring (bicyclic) bond motifs is 10. The lowest BCUT2D eigenvalue weighted by Gasteiger charge is -2.35. The number of furan rings is 1. The first kappa shape index (κ1) is 32.5. The second-order valence-corrected chi connectivity index (χ2v) is 20.2. The maximum absolute atomic E-state index is 10.4. The van der Waals surface area contributed by atoms with Crippen molar-refractivity contribution in [1.82, 2.24) is 9.13 Å². The first-order chi connectivity index (χ1) is 33.4. The molecule has 0 spiro atoms. The van der Waals surface area contributed by atoms with Gasteiger partial charge in [-0.1, -0.05) is 200 Å². The molecule has 0 fully saturated rings. The molecule has 0 aliphatic rings. The van der Waals surface area contributed by atoms with E-state index in [1.807, 2.05) is 95.6 Å². The molecule has 3 heterocycles. The van der Waals surface area contributed by atoms with Crippen LogP contribution in [0.4, 0.5) is 0 Å². The molecule has 13 aromatic rings. The molecule has 64 heavy (non-hydrogen) atoms. The van der Waals surface area contributed by atoms with Gasteiger partial charge in [0.05, 0.1) is 38.6 Å². The molecule has 3 nitrogen and oxygen atoms in total. The molecule has 3 aromatic heterocycles. The Hall–Kier alpha value is -8.18. The van der Waals surface area contributed by atoms with Gasteiger partial charge in [0, 0.05) is 32.6 Å². The highest BCUT2D eigenvalue weighted by molar-refractivity contribution is 7.19. The molecular formula is C60H40N2OSi. The molecule has 13 rings (SSSR count). The van der Waals surface area contributed by atoms with E-state index < -0.39 is 8.07 Å². The third kappa shape index (κ3) is 5.33. The third-order valence-corrected chi connectivity index (χ3v) is 17.7. The topological polar surface area (TPSA) is 23.0 Å². The Morgan fingerprint density at radius 2 is 0.859 bits per heavy atom. The second-order valence-electron chi connectivity index (χ2n) is 16.5. The van der Waals surface area contributed by atoms with Crippen molar-refractivity contribution >= 4 is 94.4 Å². The Kier molecular flexibility index (Phi) is 7.34. The van der Waals surface area contributed by atoms with Gasteiger partial charge in [-0.05, 0) is 74.3 Å². The highest BCUT2D eigenvalue weighted by atomic mass is 28.3. The monoisotopic (exact) mass is 836 g/mol. The molecular weight excluding hydrogens is 793 g/mol. The van der Waals surface area contributed by atoms with Crippen molar-refractivity contribution in [2.45, 2.75) is 0 Å². The van der Waals surface area contributed by atoms with Gasteiger partial charge >= 0.3 is 0 Å². The van der Waals surface area contributed by atoms with Gasteiger partial charge in [0.25, 0.3) is 0 Å². The predicted molar refractivity (Wildman–Crippen MR) is 271 cm³/mol. The lowest BCUT2D eigenvalue weighted by Crippen LogP contribution is -2.74. The van der Waals surface area contributed by atoms with Gasteiger partial charge in [-0.25, -0.2) is 0 Å². The van der Waals surface area contributed by atoms with Crippen LogP contribution in [0.3, 0.4) is 0 Å². The van der Waals surface area contributed by atoms with Crippen LogP contribution in [0, 0.1) is 0 Å². The predicted octanol–water partition coefficient (Wildman–Crippen LogP) is 12.8. The van der Waals surface area contributed by atoms with E-state index in [1.165, 1.54) is 0 Å². The molecule has 0 aliphatic carbocycles. The number of aromatic nitrogens is 2. The molecule has 0 aliphatic heterocycles. The maximum Gasteiger partial charge on any atom is 0.179 e. The van der Waals surface area contributed by atoms with Gasteiger partial charge in [-0.15, -0.1) is 0 Å². The summed E-state index contributed by atoms with van der Waals surface area (Å²) in [5, 5.41) is 9.13. The first-order valence-corrected chi connectivity index (χ1v) is 23.7. The highest BCUT2D eigenvalue weighted by Gasteiger charge is 2.41. The third-order valence-electron chi connectivity index (χ3n) is 13.1. The molecule has 0 atom stereocenters. The Morgan fingerprint density at radius 1 is 0.375 bits per heavy atom. The number of hydrogen-bond donors (Lipinski definition) is 0. The quantitative estimate of drug-likeness (QED) is 0.116. The molecule has 10 aromatic carbocycles. The summed E-state index contributed by atoms with van der Waals surface area (Å²) in [6, 6.07) is 74.0. The standard InChI is InChI=1S/C60H40N2OSi/c1-4-19-41(20-5-1)42-21-18-26-47(39-42)64(44-22-6-2-7-23-44,45-24-8-3-9-25-45)46-37-35-43(36-38-46)61-53-31-14-12-29-50(53)52-40-56(60-58(59(52)61)51-30-13-17-34-57(51)63-60)62-54-32-15-10-27-48(54)49-28-11-16-33-55(49)62/h1-40H/i35D,36D,37D,38D. The molecule has 0 saturated heterocycles. The second kappa shape index (κ2) is 14.5. The summed E-state index contributed by atoms with van der Waals surface area (Å²) < 4.78 is 52.6. The van der Waals surface area contributed by atoms with E-state index in [1.54, 1.807) is 0 Å². The molecule has 0 N–H and O–H groups in total. The van der Waals surface area contributed by atoms with Crippen molar-refractivity contribution in [2.24, 2.45) is 0 Å². The average molecular weight is 837 g/mol. The van der Waals surface area contributed by atoms with Crippen molar-refractivity contribution in [1.29, 1.82) is 0 Å². The number of rotatable bonds is 7. The van der Waals surface area contributed by atoms with Crippen LogP contribution in [0.25, 0.3) is 88.1 Å². The number of nitrogens with zero attached hydrogens (tertiary/aromatic N) is 2. The van der Waals surface area contributed by atoms with E-state index in [4.69, 9.17) is 4.42 Å². The Morgan fingerprint density at radius 3 is 1.48 bits per heavy atom. The lowest BCUT2D eigenvalue weighted by atomic mass is 10.1. The minimum atomic E-state index is -3.63. The molecule has 0 amide bonds. The number of benzene rings is 10. The van der Waals surface area contributed by atoms with E-state index in [2.05, 4.69) is 132 Å². The van der Waals surface area contributed by atoms with Gasteiger partial charge in [-0.2, -0.15) is 0 Å². The Bertz CT molecular complexity index is 4020. The number of para-hydroxylation sites is 4. The smallest absolute Gasteiger partial charge is 0.179 e. The average Bonchev–Trinajstić information content (AvgIpc) is 4.06. The highest BCUT2D eigenvalue weighted by Crippen LogP contribution is 2.45. The fourth-order valence-electron chi connectivity index (χ4n) is 10.4. The Balaban J connectivity index is 1.16. The molecule has 0 saturated carbocycles. The van der Waals surface area contributed by atoms with E-state index in [0.717, 1.165) is 86.8 Å². The van der Waals surface area contributed by atoms with Gasteiger partial charge in [-0.3, -0.25) is 0 Å². The SMILES string of the molecule is [2H]c1c([2H])c([Si](c2ccccc2)(c2ccccc2)c2cccc(-c3ccccc3)c2)c([2H])c([2H])c1-n1c2ccccc2c2cc(-n3c4ccccc4c4ccccc43)c3oc4ccccc4c3c21. The fourth-order valence-corrected chi connectivity index (χ4v) is 14.8. The van der Waals surface area contributed by atoms with Crippen molar-refractivity contribution in [3.05, 3.63) is 243 Å². The normalized spacial score (nSPS) is 12.9. The summed E-state index contributed by atoms with van der Waals surface area (Å²) in [4.78, 5) is 0. The number of hydrogen-bond acceptors (Lipinski definition) is 1. The summed E-state index contributed by atoms with van der Waals surface area (Å²) in [7, 11) is -3.63. The summed E-state index contributed by atoms with van der Waals surface area (Å²) in [6.07, 6.45) is 0. The van der Waals surface area contributed by atoms with Crippen LogP contribution in [0.5, 0.6) is 0 Å². The van der Waals surface area contributed by atoms with Crippen LogP contribution >= 0.6 is 0 Å². The maximum atomic E-state index is 10.4. The molecule has 300 valence electrons. The van der Waals surface area contributed by atoms with Crippen LogP contribution in [0.1, 0.15) is 5.48 Å². The molecule has 0 radical (unpaired) electrons. The van der Waals surface area contributed by atoms with E-state index in [9.17, 15) is 5.48 Å². The van der Waals surface area contributed by atoms with Gasteiger partial charge in [0.1, 0.15) is 5.58 Å². The van der Waals surface area contributed by atoms with Gasteiger partial charge in [0.2, 0.25) is 0 Å². The summed E-state index contributed by atoms with van der Waals surface area (Å²) in [5.74, 6) is 0. The van der Waals surface area contributed by atoms with Gasteiger partial charge in [0.15, 0.2) is 13.7 Å². The molecule has 0 bridgehead atoms. The minimum absolute atomic E-state index is 0.0633. The van der Waals surface area contributed by atoms with Crippen LogP contribution < -0.4 is 20.7 Å². The van der Waals surface area contributed by atoms with Crippen molar-refractivity contribution in [3.8, 4) is 22.5 Å².